The quantitative estimate of drug-likeness (QED) is 0.306. The van der Waals surface area contributed by atoms with E-state index < -0.39 is 16.7 Å². The van der Waals surface area contributed by atoms with Gasteiger partial charge in [-0.15, -0.1) is 0 Å². The van der Waals surface area contributed by atoms with E-state index >= 15 is 0 Å². The number of benzene rings is 1. The first-order valence-electron chi connectivity index (χ1n) is 9.03. The molecule has 0 spiro atoms. The lowest BCUT2D eigenvalue weighted by molar-refractivity contribution is -0.402. The van der Waals surface area contributed by atoms with E-state index in [2.05, 4.69) is 15.6 Å². The maximum atomic E-state index is 12.5. The standard InChI is InChI=1S/C19H16N4O5S2/c24-14(20-12-6-7-12)10-29-19-21-16(11-4-2-1-3-5-11)18(30-19)22-17(25)13-8-9-15(28-13)23(26)27/h1-5,8-9,12H,6-7,10H2,(H,20,24)(H,22,25). The Kier molecular flexibility index (Phi) is 5.81. The van der Waals surface area contributed by atoms with Crippen LogP contribution in [0, 0.1) is 10.1 Å². The van der Waals surface area contributed by atoms with Crippen LogP contribution in [0.4, 0.5) is 10.9 Å². The van der Waals surface area contributed by atoms with Crippen molar-refractivity contribution >= 4 is 45.8 Å². The Morgan fingerprint density at radius 2 is 2.00 bits per heavy atom. The predicted octanol–water partition coefficient (Wildman–Crippen LogP) is 3.93. The Morgan fingerprint density at radius 3 is 2.67 bits per heavy atom. The molecule has 154 valence electrons. The molecule has 2 amide bonds. The van der Waals surface area contributed by atoms with Gasteiger partial charge in [0.2, 0.25) is 5.91 Å². The van der Waals surface area contributed by atoms with Crippen molar-refractivity contribution in [1.82, 2.24) is 10.3 Å². The largest absolute Gasteiger partial charge is 0.433 e. The van der Waals surface area contributed by atoms with Crippen molar-refractivity contribution in [2.45, 2.75) is 23.2 Å². The highest BCUT2D eigenvalue weighted by Crippen LogP contribution is 2.38. The number of nitro groups is 1. The van der Waals surface area contributed by atoms with Gasteiger partial charge in [-0.05, 0) is 18.9 Å². The third-order valence-corrected chi connectivity index (χ3v) is 6.26. The zero-order valence-corrected chi connectivity index (χ0v) is 17.1. The number of thiazole rings is 1. The summed E-state index contributed by atoms with van der Waals surface area (Å²) in [6.07, 6.45) is 2.04. The summed E-state index contributed by atoms with van der Waals surface area (Å²) in [5, 5.41) is 16.9. The molecule has 1 saturated carbocycles. The van der Waals surface area contributed by atoms with Crippen LogP contribution in [0.2, 0.25) is 0 Å². The first kappa shape index (κ1) is 20.1. The highest BCUT2D eigenvalue weighted by atomic mass is 32.2. The second kappa shape index (κ2) is 8.67. The maximum Gasteiger partial charge on any atom is 0.433 e. The fourth-order valence-electron chi connectivity index (χ4n) is 2.58. The van der Waals surface area contributed by atoms with Crippen molar-refractivity contribution in [2.75, 3.05) is 11.1 Å². The Balaban J connectivity index is 1.53. The van der Waals surface area contributed by atoms with Gasteiger partial charge in [0.1, 0.15) is 15.6 Å². The highest BCUT2D eigenvalue weighted by molar-refractivity contribution is 8.01. The Bertz CT molecular complexity index is 1090. The van der Waals surface area contributed by atoms with E-state index in [0.29, 0.717) is 21.1 Å². The van der Waals surface area contributed by atoms with E-state index in [4.69, 9.17) is 4.42 Å². The molecule has 1 aromatic carbocycles. The van der Waals surface area contributed by atoms with Gasteiger partial charge in [0.05, 0.1) is 11.8 Å². The molecule has 0 unspecified atom stereocenters. The number of nitrogens with one attached hydrogen (secondary N) is 2. The normalized spacial score (nSPS) is 13.1. The second-order valence-electron chi connectivity index (χ2n) is 6.50. The molecule has 9 nitrogen and oxygen atoms in total. The molecule has 2 heterocycles. The molecule has 1 aliphatic rings. The number of furan rings is 1. The van der Waals surface area contributed by atoms with E-state index in [1.54, 1.807) is 0 Å². The molecular formula is C19H16N4O5S2. The van der Waals surface area contributed by atoms with Crippen molar-refractivity contribution in [2.24, 2.45) is 0 Å². The van der Waals surface area contributed by atoms with Gasteiger partial charge in [-0.25, -0.2) is 4.98 Å². The topological polar surface area (TPSA) is 127 Å². The van der Waals surface area contributed by atoms with E-state index in [9.17, 15) is 19.7 Å². The summed E-state index contributed by atoms with van der Waals surface area (Å²) in [5.74, 6) is -1.12. The third kappa shape index (κ3) is 4.86. The molecule has 0 aliphatic heterocycles. The van der Waals surface area contributed by atoms with Crippen LogP contribution in [0.25, 0.3) is 11.3 Å². The first-order chi connectivity index (χ1) is 14.5. The number of aromatic nitrogens is 1. The molecule has 1 aliphatic carbocycles. The summed E-state index contributed by atoms with van der Waals surface area (Å²) in [6, 6.07) is 12.0. The van der Waals surface area contributed by atoms with Crippen LogP contribution < -0.4 is 10.6 Å². The van der Waals surface area contributed by atoms with Crippen molar-refractivity contribution in [3.05, 3.63) is 58.3 Å². The number of thioether (sulfide) groups is 1. The highest BCUT2D eigenvalue weighted by Gasteiger charge is 2.24. The number of anilines is 1. The number of carbonyl (C=O) groups excluding carboxylic acids is 2. The monoisotopic (exact) mass is 444 g/mol. The fourth-order valence-corrected chi connectivity index (χ4v) is 4.45. The Labute approximate surface area is 179 Å². The molecule has 30 heavy (non-hydrogen) atoms. The van der Waals surface area contributed by atoms with Gasteiger partial charge in [-0.3, -0.25) is 19.7 Å². The molecule has 0 radical (unpaired) electrons. The van der Waals surface area contributed by atoms with Gasteiger partial charge < -0.3 is 15.1 Å². The van der Waals surface area contributed by atoms with Gasteiger partial charge in [-0.1, -0.05) is 53.4 Å². The third-order valence-electron chi connectivity index (χ3n) is 4.15. The van der Waals surface area contributed by atoms with Gasteiger partial charge in [0, 0.05) is 11.6 Å². The van der Waals surface area contributed by atoms with Crippen LogP contribution >= 0.6 is 23.1 Å². The summed E-state index contributed by atoms with van der Waals surface area (Å²) in [6.45, 7) is 0. The number of carbonyl (C=O) groups is 2. The van der Waals surface area contributed by atoms with Crippen LogP contribution in [0.1, 0.15) is 23.4 Å². The number of nitrogens with zero attached hydrogens (tertiary/aromatic N) is 2. The number of rotatable bonds is 8. The lowest BCUT2D eigenvalue weighted by atomic mass is 10.2. The molecule has 4 rings (SSSR count). The summed E-state index contributed by atoms with van der Waals surface area (Å²) in [7, 11) is 0. The maximum absolute atomic E-state index is 12.5. The lowest BCUT2D eigenvalue weighted by Gasteiger charge is -2.03. The molecule has 0 atom stereocenters. The van der Waals surface area contributed by atoms with Crippen LogP contribution in [0.3, 0.4) is 0 Å². The first-order valence-corrected chi connectivity index (χ1v) is 10.8. The molecule has 2 N–H and O–H groups in total. The van der Waals surface area contributed by atoms with Crippen molar-refractivity contribution < 1.29 is 18.9 Å². The summed E-state index contributed by atoms with van der Waals surface area (Å²) in [5.41, 5.74) is 1.35. The minimum Gasteiger partial charge on any atom is -0.395 e. The van der Waals surface area contributed by atoms with E-state index in [-0.39, 0.29) is 17.4 Å². The smallest absolute Gasteiger partial charge is 0.395 e. The van der Waals surface area contributed by atoms with Crippen molar-refractivity contribution in [1.29, 1.82) is 0 Å². The lowest BCUT2D eigenvalue weighted by Crippen LogP contribution is -2.26. The summed E-state index contributed by atoms with van der Waals surface area (Å²) in [4.78, 5) is 39.1. The van der Waals surface area contributed by atoms with Crippen molar-refractivity contribution in [3.8, 4) is 11.3 Å². The summed E-state index contributed by atoms with van der Waals surface area (Å²) < 4.78 is 5.59. The zero-order chi connectivity index (χ0) is 21.1. The molecule has 11 heteroatoms. The van der Waals surface area contributed by atoms with Gasteiger partial charge in [0.25, 0.3) is 5.91 Å². The van der Waals surface area contributed by atoms with Gasteiger partial charge >= 0.3 is 5.88 Å². The van der Waals surface area contributed by atoms with E-state index in [0.717, 1.165) is 24.5 Å². The van der Waals surface area contributed by atoms with Crippen LogP contribution in [-0.2, 0) is 4.79 Å². The molecule has 1 fully saturated rings. The Hall–Kier alpha value is -3.18. The predicted molar refractivity (Wildman–Crippen MR) is 113 cm³/mol. The molecule has 0 bridgehead atoms. The number of amides is 2. The number of hydrogen-bond donors (Lipinski definition) is 2. The minimum absolute atomic E-state index is 0.0487. The van der Waals surface area contributed by atoms with E-state index in [1.165, 1.54) is 29.2 Å². The van der Waals surface area contributed by atoms with Crippen LogP contribution in [0.5, 0.6) is 0 Å². The van der Waals surface area contributed by atoms with Gasteiger partial charge in [0.15, 0.2) is 10.1 Å². The second-order valence-corrected chi connectivity index (χ2v) is 8.72. The summed E-state index contributed by atoms with van der Waals surface area (Å²) >= 11 is 2.52. The van der Waals surface area contributed by atoms with Crippen LogP contribution in [0.15, 0.2) is 51.2 Å². The molecular weight excluding hydrogens is 428 g/mol. The number of hydrogen-bond acceptors (Lipinski definition) is 8. The zero-order valence-electron chi connectivity index (χ0n) is 15.5. The fraction of sp³-hybridized carbons (Fsp3) is 0.211. The average molecular weight is 444 g/mol. The van der Waals surface area contributed by atoms with Crippen LogP contribution in [-0.4, -0.2) is 33.5 Å². The van der Waals surface area contributed by atoms with Crippen molar-refractivity contribution in [3.63, 3.8) is 0 Å². The molecule has 0 saturated heterocycles. The molecule has 3 aromatic rings. The average Bonchev–Trinajstić information content (AvgIpc) is 3.25. The molecule has 2 aromatic heterocycles. The minimum atomic E-state index is -0.708. The SMILES string of the molecule is O=C(CSc1nc(-c2ccccc2)c(NC(=O)c2ccc([N+](=O)[O-])o2)s1)NC1CC1. The van der Waals surface area contributed by atoms with E-state index in [1.807, 2.05) is 30.3 Å². The van der Waals surface area contributed by atoms with Gasteiger partial charge in [-0.2, -0.15) is 0 Å². The Morgan fingerprint density at radius 1 is 1.23 bits per heavy atom.